The van der Waals surface area contributed by atoms with E-state index in [4.69, 9.17) is 0 Å². The van der Waals surface area contributed by atoms with E-state index in [1.165, 1.54) is 34.1 Å². The summed E-state index contributed by atoms with van der Waals surface area (Å²) in [5.74, 6) is -1.47. The average molecular weight is 518 g/mol. The Bertz CT molecular complexity index is 1160. The third kappa shape index (κ3) is 7.33. The highest BCUT2D eigenvalue weighted by Crippen LogP contribution is 2.20. The lowest BCUT2D eigenvalue weighted by molar-refractivity contribution is -0.384. The van der Waals surface area contributed by atoms with Crippen LogP contribution >= 0.6 is 0 Å². The van der Waals surface area contributed by atoms with E-state index in [1.54, 1.807) is 12.1 Å². The minimum absolute atomic E-state index is 0.00965. The van der Waals surface area contributed by atoms with Crippen LogP contribution in [0.2, 0.25) is 0 Å². The maximum Gasteiger partial charge on any atom is 0.313 e. The Kier molecular flexibility index (Phi) is 9.51. The van der Waals surface area contributed by atoms with Crippen LogP contribution in [0.4, 0.5) is 11.4 Å². The Morgan fingerprint density at radius 2 is 1.61 bits per heavy atom. The van der Waals surface area contributed by atoms with E-state index in [1.807, 2.05) is 17.0 Å². The van der Waals surface area contributed by atoms with Gasteiger partial charge in [-0.1, -0.05) is 25.5 Å². The number of anilines is 1. The van der Waals surface area contributed by atoms with Crippen molar-refractivity contribution in [1.82, 2.24) is 14.5 Å². The second kappa shape index (κ2) is 12.6. The summed E-state index contributed by atoms with van der Waals surface area (Å²) in [5.41, 5.74) is 1.57. The number of unbranched alkanes of at least 4 members (excludes halogenated alkanes) is 1. The van der Waals surface area contributed by atoms with Gasteiger partial charge >= 0.3 is 11.8 Å². The summed E-state index contributed by atoms with van der Waals surface area (Å²) in [7, 11) is -3.75. The number of carbonyl (C=O) groups is 2. The highest BCUT2D eigenvalue weighted by molar-refractivity contribution is 7.89. The molecule has 0 aliphatic carbocycles. The smallest absolute Gasteiger partial charge is 0.313 e. The molecule has 1 heterocycles. The van der Waals surface area contributed by atoms with Gasteiger partial charge in [0.2, 0.25) is 10.0 Å². The third-order valence-corrected chi connectivity index (χ3v) is 7.88. The van der Waals surface area contributed by atoms with Crippen molar-refractivity contribution < 1.29 is 22.9 Å². The molecule has 2 N–H and O–H groups in total. The molecular formula is C24H31N5O6S. The molecule has 0 unspecified atom stereocenters. The van der Waals surface area contributed by atoms with E-state index in [0.717, 1.165) is 19.3 Å². The van der Waals surface area contributed by atoms with Crippen LogP contribution in [0.1, 0.15) is 25.3 Å². The van der Waals surface area contributed by atoms with E-state index in [9.17, 15) is 28.1 Å². The van der Waals surface area contributed by atoms with Gasteiger partial charge in [-0.25, -0.2) is 8.42 Å². The van der Waals surface area contributed by atoms with Gasteiger partial charge < -0.3 is 10.6 Å². The number of hydrogen-bond donors (Lipinski definition) is 2. The Labute approximate surface area is 210 Å². The first-order chi connectivity index (χ1) is 17.2. The lowest BCUT2D eigenvalue weighted by Crippen LogP contribution is -2.50. The largest absolute Gasteiger partial charge is 0.347 e. The van der Waals surface area contributed by atoms with Gasteiger partial charge in [0.25, 0.3) is 5.69 Å². The number of amides is 2. The van der Waals surface area contributed by atoms with Crippen molar-refractivity contribution in [3.05, 3.63) is 64.2 Å². The summed E-state index contributed by atoms with van der Waals surface area (Å²) in [6.45, 7) is 4.26. The van der Waals surface area contributed by atoms with Crippen LogP contribution in [0.5, 0.6) is 0 Å². The summed E-state index contributed by atoms with van der Waals surface area (Å²) in [4.78, 5) is 36.5. The molecule has 1 aliphatic heterocycles. The summed E-state index contributed by atoms with van der Waals surface area (Å²) in [5, 5.41) is 16.0. The third-order valence-electron chi connectivity index (χ3n) is 5.97. The van der Waals surface area contributed by atoms with Crippen LogP contribution in [0.15, 0.2) is 53.4 Å². The lowest BCUT2D eigenvalue weighted by atomic mass is 10.1. The minimum Gasteiger partial charge on any atom is -0.347 e. The maximum atomic E-state index is 12.8. The van der Waals surface area contributed by atoms with Crippen LogP contribution in [0, 0.1) is 10.1 Å². The summed E-state index contributed by atoms with van der Waals surface area (Å²) in [6, 6.07) is 12.2. The first-order valence-corrected chi connectivity index (χ1v) is 13.3. The number of piperazine rings is 1. The van der Waals surface area contributed by atoms with Crippen LogP contribution in [0.3, 0.4) is 0 Å². The molecule has 0 aromatic heterocycles. The topological polar surface area (TPSA) is 142 Å². The van der Waals surface area contributed by atoms with Crippen molar-refractivity contribution in [3.63, 3.8) is 0 Å². The zero-order valence-corrected chi connectivity index (χ0v) is 21.0. The van der Waals surface area contributed by atoms with Crippen molar-refractivity contribution >= 4 is 33.2 Å². The van der Waals surface area contributed by atoms with Crippen LogP contribution in [0.25, 0.3) is 0 Å². The number of aryl methyl sites for hydroxylation is 1. The summed E-state index contributed by atoms with van der Waals surface area (Å²) >= 11 is 0. The zero-order valence-electron chi connectivity index (χ0n) is 20.2. The van der Waals surface area contributed by atoms with Gasteiger partial charge in [0.05, 0.1) is 9.82 Å². The molecule has 1 fully saturated rings. The van der Waals surface area contributed by atoms with E-state index in [0.29, 0.717) is 25.3 Å². The molecule has 2 amide bonds. The van der Waals surface area contributed by atoms with Crippen molar-refractivity contribution in [2.45, 2.75) is 31.1 Å². The Balaban J connectivity index is 1.39. The monoisotopic (exact) mass is 517 g/mol. The van der Waals surface area contributed by atoms with Gasteiger partial charge in [-0.15, -0.1) is 0 Å². The molecule has 2 aromatic carbocycles. The molecule has 0 saturated carbocycles. The molecule has 2 aromatic rings. The highest BCUT2D eigenvalue weighted by atomic mass is 32.2. The fraction of sp³-hybridized carbons (Fsp3) is 0.417. The van der Waals surface area contributed by atoms with Gasteiger partial charge in [0.1, 0.15) is 0 Å². The van der Waals surface area contributed by atoms with E-state index < -0.39 is 26.8 Å². The first kappa shape index (κ1) is 27.2. The molecule has 0 radical (unpaired) electrons. The standard InChI is InChI=1S/C24H31N5O6S/c1-2-3-4-19-5-7-20(8-6-19)26-24(31)23(30)25-13-14-27-15-17-28(18-16-27)36(34,35)22-11-9-21(10-12-22)29(32)33/h5-12H,2-4,13-18H2,1H3,(H,25,30)(H,26,31). The predicted octanol–water partition coefficient (Wildman–Crippen LogP) is 2.00. The number of hydrogen-bond acceptors (Lipinski definition) is 7. The SMILES string of the molecule is CCCCc1ccc(NC(=O)C(=O)NCCN2CCN(S(=O)(=O)c3ccc([N+](=O)[O-])cc3)CC2)cc1. The van der Waals surface area contributed by atoms with Crippen molar-refractivity contribution in [3.8, 4) is 0 Å². The van der Waals surface area contributed by atoms with Crippen molar-refractivity contribution in [2.24, 2.45) is 0 Å². The van der Waals surface area contributed by atoms with Gasteiger partial charge in [-0.3, -0.25) is 24.6 Å². The second-order valence-electron chi connectivity index (χ2n) is 8.51. The highest BCUT2D eigenvalue weighted by Gasteiger charge is 2.28. The van der Waals surface area contributed by atoms with Gasteiger partial charge in [0.15, 0.2) is 0 Å². The molecule has 3 rings (SSSR count). The Morgan fingerprint density at radius 1 is 0.972 bits per heavy atom. The normalized spacial score (nSPS) is 14.8. The van der Waals surface area contributed by atoms with E-state index >= 15 is 0 Å². The van der Waals surface area contributed by atoms with Gasteiger partial charge in [-0.05, 0) is 42.7 Å². The van der Waals surface area contributed by atoms with E-state index in [-0.39, 0.29) is 30.2 Å². The molecule has 194 valence electrons. The number of nitro benzene ring substituents is 1. The fourth-order valence-electron chi connectivity index (χ4n) is 3.81. The first-order valence-electron chi connectivity index (χ1n) is 11.9. The number of non-ortho nitro benzene ring substituents is 1. The average Bonchev–Trinajstić information content (AvgIpc) is 2.88. The molecule has 1 aliphatic rings. The minimum atomic E-state index is -3.75. The number of nitrogens with one attached hydrogen (secondary N) is 2. The quantitative estimate of drug-likeness (QED) is 0.279. The lowest BCUT2D eigenvalue weighted by Gasteiger charge is -2.33. The molecule has 11 nitrogen and oxygen atoms in total. The number of nitro groups is 1. The Morgan fingerprint density at radius 3 is 2.19 bits per heavy atom. The van der Waals surface area contributed by atoms with Crippen LogP contribution < -0.4 is 10.6 Å². The Hall–Kier alpha value is -3.35. The fourth-order valence-corrected chi connectivity index (χ4v) is 5.24. The summed E-state index contributed by atoms with van der Waals surface area (Å²) < 4.78 is 26.9. The molecule has 0 bridgehead atoms. The van der Waals surface area contributed by atoms with Gasteiger partial charge in [-0.2, -0.15) is 4.31 Å². The number of sulfonamides is 1. The maximum absolute atomic E-state index is 12.8. The number of rotatable bonds is 10. The molecule has 36 heavy (non-hydrogen) atoms. The second-order valence-corrected chi connectivity index (χ2v) is 10.4. The molecule has 0 spiro atoms. The van der Waals surface area contributed by atoms with Gasteiger partial charge in [0, 0.05) is 57.1 Å². The molecule has 0 atom stereocenters. The van der Waals surface area contributed by atoms with E-state index in [2.05, 4.69) is 17.6 Å². The number of benzene rings is 2. The number of nitrogens with zero attached hydrogens (tertiary/aromatic N) is 3. The molecule has 1 saturated heterocycles. The molecule has 12 heteroatoms. The predicted molar refractivity (Wildman–Crippen MR) is 135 cm³/mol. The summed E-state index contributed by atoms with van der Waals surface area (Å²) in [6.07, 6.45) is 3.18. The van der Waals surface area contributed by atoms with Crippen molar-refractivity contribution in [2.75, 3.05) is 44.6 Å². The van der Waals surface area contributed by atoms with Crippen LogP contribution in [-0.2, 0) is 26.0 Å². The molecular weight excluding hydrogens is 486 g/mol. The van der Waals surface area contributed by atoms with Crippen LogP contribution in [-0.4, -0.2) is 73.6 Å². The number of carbonyl (C=O) groups excluding carboxylic acids is 2. The zero-order chi connectivity index (χ0) is 26.1. The van der Waals surface area contributed by atoms with Crippen molar-refractivity contribution in [1.29, 1.82) is 0 Å².